The topological polar surface area (TPSA) is 43.9 Å². The number of anilines is 1. The fraction of sp³-hybridized carbons (Fsp3) is 0.300. The van der Waals surface area contributed by atoms with Crippen LogP contribution >= 0.6 is 23.2 Å². The van der Waals surface area contributed by atoms with Crippen molar-refractivity contribution < 1.29 is 9.59 Å². The largest absolute Gasteiger partial charge is 0.274 e. The SMILES string of the molecule is O=C1[C@H]2[C@H](C(=O)N1c1ccc(Cl)cc1)N1CCCN1[C@H]2c1ccc(Cl)cc1. The molecule has 0 radical (unpaired) electrons. The van der Waals surface area contributed by atoms with E-state index in [4.69, 9.17) is 23.2 Å². The first kappa shape index (κ1) is 17.2. The molecule has 0 N–H and O–H groups in total. The number of hydrogen-bond acceptors (Lipinski definition) is 4. The van der Waals surface area contributed by atoms with E-state index in [2.05, 4.69) is 10.0 Å². The maximum absolute atomic E-state index is 13.4. The predicted molar refractivity (Wildman–Crippen MR) is 103 cm³/mol. The van der Waals surface area contributed by atoms with Crippen molar-refractivity contribution in [3.63, 3.8) is 0 Å². The zero-order valence-corrected chi connectivity index (χ0v) is 15.9. The molecular formula is C20H17Cl2N3O2. The maximum atomic E-state index is 13.4. The number of carbonyl (C=O) groups is 2. The maximum Gasteiger partial charge on any atom is 0.253 e. The van der Waals surface area contributed by atoms with E-state index >= 15 is 0 Å². The van der Waals surface area contributed by atoms with Gasteiger partial charge >= 0.3 is 0 Å². The molecule has 3 atom stereocenters. The van der Waals surface area contributed by atoms with E-state index in [-0.39, 0.29) is 17.9 Å². The van der Waals surface area contributed by atoms with Gasteiger partial charge in [0.2, 0.25) is 5.91 Å². The summed E-state index contributed by atoms with van der Waals surface area (Å²) in [6.07, 6.45) is 0.982. The molecule has 0 unspecified atom stereocenters. The van der Waals surface area contributed by atoms with Gasteiger partial charge < -0.3 is 0 Å². The average Bonchev–Trinajstić information content (AvgIpc) is 3.30. The van der Waals surface area contributed by atoms with Gasteiger partial charge in [-0.15, -0.1) is 0 Å². The van der Waals surface area contributed by atoms with E-state index in [1.807, 2.05) is 24.3 Å². The van der Waals surface area contributed by atoms with Crippen LogP contribution in [0, 0.1) is 5.92 Å². The van der Waals surface area contributed by atoms with Crippen LogP contribution in [0.3, 0.4) is 0 Å². The Kier molecular flexibility index (Phi) is 4.02. The van der Waals surface area contributed by atoms with Gasteiger partial charge in [0.15, 0.2) is 0 Å². The fourth-order valence-corrected chi connectivity index (χ4v) is 4.87. The fourth-order valence-electron chi connectivity index (χ4n) is 4.62. The Morgan fingerprint density at radius 2 is 1.30 bits per heavy atom. The average molecular weight is 402 g/mol. The molecule has 5 nitrogen and oxygen atoms in total. The highest BCUT2D eigenvalue weighted by Gasteiger charge is 2.62. The lowest BCUT2D eigenvalue weighted by Crippen LogP contribution is -2.44. The molecule has 27 heavy (non-hydrogen) atoms. The van der Waals surface area contributed by atoms with Gasteiger partial charge in [0.1, 0.15) is 6.04 Å². The summed E-state index contributed by atoms with van der Waals surface area (Å²) in [7, 11) is 0. The van der Waals surface area contributed by atoms with Gasteiger partial charge in [-0.25, -0.2) is 14.9 Å². The molecule has 3 aliphatic rings. The summed E-state index contributed by atoms with van der Waals surface area (Å²) in [6.45, 7) is 1.64. The lowest BCUT2D eigenvalue weighted by Gasteiger charge is -2.29. The molecule has 0 bridgehead atoms. The number of hydrogen-bond donors (Lipinski definition) is 0. The number of fused-ring (bicyclic) bond motifs is 3. The molecule has 0 saturated carbocycles. The summed E-state index contributed by atoms with van der Waals surface area (Å²) < 4.78 is 0. The van der Waals surface area contributed by atoms with E-state index in [0.29, 0.717) is 15.7 Å². The highest BCUT2D eigenvalue weighted by Crippen LogP contribution is 2.49. The van der Waals surface area contributed by atoms with Gasteiger partial charge in [0, 0.05) is 23.1 Å². The highest BCUT2D eigenvalue weighted by atomic mass is 35.5. The van der Waals surface area contributed by atoms with Crippen LogP contribution in [-0.2, 0) is 9.59 Å². The summed E-state index contributed by atoms with van der Waals surface area (Å²) in [5, 5.41) is 5.50. The third kappa shape index (κ3) is 2.53. The molecule has 2 amide bonds. The van der Waals surface area contributed by atoms with Gasteiger partial charge in [0.05, 0.1) is 17.6 Å². The Morgan fingerprint density at radius 1 is 0.741 bits per heavy atom. The second-order valence-electron chi connectivity index (χ2n) is 7.14. The number of benzene rings is 2. The molecule has 0 aromatic heterocycles. The molecule has 3 aliphatic heterocycles. The summed E-state index contributed by atoms with van der Waals surface area (Å²) in [5.74, 6) is -0.730. The second-order valence-corrected chi connectivity index (χ2v) is 8.01. The van der Waals surface area contributed by atoms with E-state index in [9.17, 15) is 9.59 Å². The molecule has 2 aromatic carbocycles. The van der Waals surface area contributed by atoms with Crippen molar-refractivity contribution >= 4 is 40.7 Å². The monoisotopic (exact) mass is 401 g/mol. The molecule has 5 rings (SSSR count). The lowest BCUT2D eigenvalue weighted by molar-refractivity contribution is -0.126. The first-order valence-corrected chi connectivity index (χ1v) is 9.74. The molecule has 7 heteroatoms. The minimum atomic E-state index is -0.448. The van der Waals surface area contributed by atoms with Crippen molar-refractivity contribution in [3.05, 3.63) is 64.1 Å². The third-order valence-corrected chi connectivity index (χ3v) is 6.21. The van der Waals surface area contributed by atoms with Crippen molar-refractivity contribution in [2.75, 3.05) is 18.0 Å². The normalized spacial score (nSPS) is 28.1. The summed E-state index contributed by atoms with van der Waals surface area (Å²) in [4.78, 5) is 27.9. The molecule has 2 aromatic rings. The molecule has 0 spiro atoms. The zero-order valence-electron chi connectivity index (χ0n) is 14.4. The van der Waals surface area contributed by atoms with Crippen LogP contribution in [0.25, 0.3) is 0 Å². The van der Waals surface area contributed by atoms with Crippen LogP contribution in [0.4, 0.5) is 5.69 Å². The van der Waals surface area contributed by atoms with Crippen molar-refractivity contribution in [1.29, 1.82) is 0 Å². The van der Waals surface area contributed by atoms with Gasteiger partial charge in [-0.05, 0) is 48.4 Å². The predicted octanol–water partition coefficient (Wildman–Crippen LogP) is 3.53. The van der Waals surface area contributed by atoms with Crippen LogP contribution in [0.5, 0.6) is 0 Å². The number of halogens is 2. The smallest absolute Gasteiger partial charge is 0.253 e. The van der Waals surface area contributed by atoms with Crippen LogP contribution < -0.4 is 4.90 Å². The number of carbonyl (C=O) groups excluding carboxylic acids is 2. The first-order chi connectivity index (χ1) is 13.1. The lowest BCUT2D eigenvalue weighted by atomic mass is 9.90. The number of imide groups is 1. The molecular weight excluding hydrogens is 385 g/mol. The molecule has 138 valence electrons. The third-order valence-electron chi connectivity index (χ3n) is 5.70. The van der Waals surface area contributed by atoms with Crippen molar-refractivity contribution in [3.8, 4) is 0 Å². The Bertz CT molecular complexity index is 916. The molecule has 3 heterocycles. The summed E-state index contributed by atoms with van der Waals surface area (Å²) in [5.41, 5.74) is 1.59. The van der Waals surface area contributed by atoms with Crippen LogP contribution in [-0.4, -0.2) is 41.0 Å². The molecule has 3 saturated heterocycles. The van der Waals surface area contributed by atoms with E-state index in [1.54, 1.807) is 24.3 Å². The summed E-state index contributed by atoms with van der Waals surface area (Å²) >= 11 is 12.0. The Balaban J connectivity index is 1.57. The van der Waals surface area contributed by atoms with E-state index in [1.165, 1.54) is 4.90 Å². The number of amides is 2. The van der Waals surface area contributed by atoms with E-state index < -0.39 is 12.0 Å². The molecule has 0 aliphatic carbocycles. The number of rotatable bonds is 2. The van der Waals surface area contributed by atoms with Crippen molar-refractivity contribution in [2.45, 2.75) is 18.5 Å². The summed E-state index contributed by atoms with van der Waals surface area (Å²) in [6, 6.07) is 13.8. The second kappa shape index (κ2) is 6.31. The Morgan fingerprint density at radius 3 is 1.93 bits per heavy atom. The standard InChI is InChI=1S/C20H17Cl2N3O2/c21-13-4-2-12(3-5-13)17-16-18(24-11-1-10-23(17)24)20(27)25(19(16)26)15-8-6-14(22)7-9-15/h2-9,16-18H,1,10-11H2/t16-,17+,18-/m1/s1. The van der Waals surface area contributed by atoms with Crippen LogP contribution in [0.2, 0.25) is 10.0 Å². The molecule has 3 fully saturated rings. The highest BCUT2D eigenvalue weighted by molar-refractivity contribution is 6.31. The van der Waals surface area contributed by atoms with Crippen molar-refractivity contribution in [2.24, 2.45) is 5.92 Å². The van der Waals surface area contributed by atoms with Gasteiger partial charge in [0.25, 0.3) is 5.91 Å². The minimum Gasteiger partial charge on any atom is -0.274 e. The number of hydrazine groups is 1. The Labute approximate surface area is 167 Å². The van der Waals surface area contributed by atoms with Crippen molar-refractivity contribution in [1.82, 2.24) is 10.0 Å². The van der Waals surface area contributed by atoms with Gasteiger partial charge in [-0.2, -0.15) is 0 Å². The minimum absolute atomic E-state index is 0.150. The van der Waals surface area contributed by atoms with Gasteiger partial charge in [-0.3, -0.25) is 9.59 Å². The van der Waals surface area contributed by atoms with Crippen LogP contribution in [0.1, 0.15) is 18.0 Å². The van der Waals surface area contributed by atoms with Crippen LogP contribution in [0.15, 0.2) is 48.5 Å². The number of nitrogens with zero attached hydrogens (tertiary/aromatic N) is 3. The zero-order chi connectivity index (χ0) is 18.7. The quantitative estimate of drug-likeness (QED) is 0.721. The first-order valence-electron chi connectivity index (χ1n) is 8.98. The van der Waals surface area contributed by atoms with Gasteiger partial charge in [-0.1, -0.05) is 35.3 Å². The van der Waals surface area contributed by atoms with E-state index in [0.717, 1.165) is 25.1 Å². The Hall–Kier alpha value is -1.92.